The maximum Gasteiger partial charge on any atom is 0.410 e. The van der Waals surface area contributed by atoms with Crippen molar-refractivity contribution >= 4 is 6.09 Å². The molecular weight excluding hydrogens is 166 g/mol. The maximum absolute atomic E-state index is 11.5. The summed E-state index contributed by atoms with van der Waals surface area (Å²) in [6.45, 7) is 11.5. The van der Waals surface area contributed by atoms with E-state index in [-0.39, 0.29) is 11.6 Å². The molecule has 0 radical (unpaired) electrons. The fourth-order valence-corrected chi connectivity index (χ4v) is 0.604. The second-order valence-corrected chi connectivity index (χ2v) is 5.21. The van der Waals surface area contributed by atoms with Gasteiger partial charge >= 0.3 is 6.09 Å². The van der Waals surface area contributed by atoms with Gasteiger partial charge in [-0.1, -0.05) is 0 Å². The minimum absolute atomic E-state index is 0.192. The maximum atomic E-state index is 11.5. The number of hydrogen-bond acceptors (Lipinski definition) is 2. The Morgan fingerprint density at radius 3 is 1.69 bits per heavy atom. The van der Waals surface area contributed by atoms with Crippen LogP contribution in [0, 0.1) is 0 Å². The van der Waals surface area contributed by atoms with E-state index in [1.54, 1.807) is 11.9 Å². The Morgan fingerprint density at radius 2 is 1.46 bits per heavy atom. The molecule has 0 spiro atoms. The largest absolute Gasteiger partial charge is 0.444 e. The number of amides is 1. The lowest BCUT2D eigenvalue weighted by Crippen LogP contribution is -2.45. The summed E-state index contributed by atoms with van der Waals surface area (Å²) in [5.74, 6) is 0. The normalized spacial score (nSPS) is 12.5. The van der Waals surface area contributed by atoms with Crippen LogP contribution < -0.4 is 0 Å². The standard InChI is InChI=1S/C10H21NO2/c1-9(2,3)11(7)8(12)13-10(4,5)6/h1-7H3. The van der Waals surface area contributed by atoms with Crippen LogP contribution in [0.1, 0.15) is 41.5 Å². The molecule has 0 aliphatic carbocycles. The van der Waals surface area contributed by atoms with E-state index >= 15 is 0 Å². The molecule has 0 N–H and O–H groups in total. The lowest BCUT2D eigenvalue weighted by Gasteiger charge is -2.33. The summed E-state index contributed by atoms with van der Waals surface area (Å²) >= 11 is 0. The Labute approximate surface area is 81.1 Å². The minimum Gasteiger partial charge on any atom is -0.444 e. The van der Waals surface area contributed by atoms with Crippen molar-refractivity contribution in [3.8, 4) is 0 Å². The summed E-state index contributed by atoms with van der Waals surface area (Å²) in [6, 6.07) is 0. The molecule has 0 aromatic heterocycles. The number of rotatable bonds is 0. The van der Waals surface area contributed by atoms with Crippen molar-refractivity contribution in [2.75, 3.05) is 7.05 Å². The van der Waals surface area contributed by atoms with Gasteiger partial charge in [0.25, 0.3) is 0 Å². The minimum atomic E-state index is -0.420. The highest BCUT2D eigenvalue weighted by molar-refractivity contribution is 5.68. The van der Waals surface area contributed by atoms with Crippen molar-refractivity contribution in [1.29, 1.82) is 0 Å². The molecule has 3 nitrogen and oxygen atoms in total. The quantitative estimate of drug-likeness (QED) is 0.583. The Balaban J connectivity index is 4.30. The molecule has 0 unspecified atom stereocenters. The molecule has 0 rings (SSSR count). The average Bonchev–Trinajstić information content (AvgIpc) is 1.79. The zero-order valence-electron chi connectivity index (χ0n) is 9.76. The van der Waals surface area contributed by atoms with E-state index in [2.05, 4.69) is 0 Å². The van der Waals surface area contributed by atoms with Gasteiger partial charge in [-0.15, -0.1) is 0 Å². The number of carbonyl (C=O) groups is 1. The molecule has 0 atom stereocenters. The van der Waals surface area contributed by atoms with Gasteiger partial charge in [0.2, 0.25) is 0 Å². The molecule has 3 heteroatoms. The number of hydrogen-bond donors (Lipinski definition) is 0. The molecule has 0 bridgehead atoms. The third kappa shape index (κ3) is 4.76. The highest BCUT2D eigenvalue weighted by Gasteiger charge is 2.26. The lowest BCUT2D eigenvalue weighted by atomic mass is 10.1. The molecule has 0 aliphatic rings. The van der Waals surface area contributed by atoms with Gasteiger partial charge in [0.1, 0.15) is 5.60 Å². The van der Waals surface area contributed by atoms with Gasteiger partial charge in [0, 0.05) is 12.6 Å². The molecule has 1 amide bonds. The number of ether oxygens (including phenoxy) is 1. The van der Waals surface area contributed by atoms with E-state index in [1.165, 1.54) is 0 Å². The van der Waals surface area contributed by atoms with Gasteiger partial charge in [-0.2, -0.15) is 0 Å². The van der Waals surface area contributed by atoms with E-state index in [1.807, 2.05) is 41.5 Å². The van der Waals surface area contributed by atoms with Crippen molar-refractivity contribution in [3.63, 3.8) is 0 Å². The summed E-state index contributed by atoms with van der Waals surface area (Å²) in [7, 11) is 1.74. The van der Waals surface area contributed by atoms with Crippen LogP contribution in [-0.2, 0) is 4.74 Å². The molecular formula is C10H21NO2. The van der Waals surface area contributed by atoms with Gasteiger partial charge in [0.05, 0.1) is 0 Å². The topological polar surface area (TPSA) is 29.5 Å². The first-order chi connectivity index (χ1) is 5.54. The first kappa shape index (κ1) is 12.3. The summed E-state index contributed by atoms with van der Waals surface area (Å²) < 4.78 is 5.21. The Bertz CT molecular complexity index is 186. The highest BCUT2D eigenvalue weighted by Crippen LogP contribution is 2.15. The molecule has 0 fully saturated rings. The first-order valence-corrected chi connectivity index (χ1v) is 4.51. The predicted octanol–water partition coefficient (Wildman–Crippen LogP) is 2.65. The van der Waals surface area contributed by atoms with E-state index in [4.69, 9.17) is 4.74 Å². The average molecular weight is 187 g/mol. The number of carbonyl (C=O) groups excluding carboxylic acids is 1. The van der Waals surface area contributed by atoms with E-state index in [0.29, 0.717) is 0 Å². The predicted molar refractivity (Wildman–Crippen MR) is 53.8 cm³/mol. The van der Waals surface area contributed by atoms with Crippen LogP contribution in [0.25, 0.3) is 0 Å². The lowest BCUT2D eigenvalue weighted by molar-refractivity contribution is 0.0140. The van der Waals surface area contributed by atoms with Crippen LogP contribution in [0.15, 0.2) is 0 Å². The van der Waals surface area contributed by atoms with Gasteiger partial charge < -0.3 is 9.64 Å². The molecule has 0 aromatic rings. The van der Waals surface area contributed by atoms with Gasteiger partial charge in [0.15, 0.2) is 0 Å². The SMILES string of the molecule is CN(C(=O)OC(C)(C)C)C(C)(C)C. The van der Waals surface area contributed by atoms with E-state index < -0.39 is 5.60 Å². The Hall–Kier alpha value is -0.730. The van der Waals surface area contributed by atoms with Crippen LogP contribution in [0.2, 0.25) is 0 Å². The second-order valence-electron chi connectivity index (χ2n) is 5.21. The summed E-state index contributed by atoms with van der Waals surface area (Å²) in [6.07, 6.45) is -0.278. The molecule has 78 valence electrons. The summed E-state index contributed by atoms with van der Waals surface area (Å²) in [5.41, 5.74) is -0.612. The van der Waals surface area contributed by atoms with Crippen LogP contribution in [0.5, 0.6) is 0 Å². The van der Waals surface area contributed by atoms with Crippen molar-refractivity contribution in [3.05, 3.63) is 0 Å². The van der Waals surface area contributed by atoms with Crippen LogP contribution in [0.4, 0.5) is 4.79 Å². The summed E-state index contributed by atoms with van der Waals surface area (Å²) in [5, 5.41) is 0. The third-order valence-electron chi connectivity index (χ3n) is 1.67. The van der Waals surface area contributed by atoms with Crippen molar-refractivity contribution in [2.24, 2.45) is 0 Å². The molecule has 0 heterocycles. The van der Waals surface area contributed by atoms with E-state index in [9.17, 15) is 4.79 Å². The zero-order valence-corrected chi connectivity index (χ0v) is 9.76. The van der Waals surface area contributed by atoms with Crippen molar-refractivity contribution in [1.82, 2.24) is 4.90 Å². The fraction of sp³-hybridized carbons (Fsp3) is 0.900. The first-order valence-electron chi connectivity index (χ1n) is 4.51. The van der Waals surface area contributed by atoms with Crippen LogP contribution in [0.3, 0.4) is 0 Å². The van der Waals surface area contributed by atoms with E-state index in [0.717, 1.165) is 0 Å². The van der Waals surface area contributed by atoms with Crippen LogP contribution in [-0.4, -0.2) is 29.2 Å². The third-order valence-corrected chi connectivity index (χ3v) is 1.67. The van der Waals surface area contributed by atoms with Crippen molar-refractivity contribution < 1.29 is 9.53 Å². The Kier molecular flexibility index (Phi) is 3.36. The molecule has 0 aromatic carbocycles. The molecule has 13 heavy (non-hydrogen) atoms. The van der Waals surface area contributed by atoms with Crippen LogP contribution >= 0.6 is 0 Å². The highest BCUT2D eigenvalue weighted by atomic mass is 16.6. The van der Waals surface area contributed by atoms with Gasteiger partial charge in [-0.3, -0.25) is 0 Å². The fourth-order valence-electron chi connectivity index (χ4n) is 0.604. The monoisotopic (exact) mass is 187 g/mol. The summed E-state index contributed by atoms with van der Waals surface area (Å²) in [4.78, 5) is 13.1. The second kappa shape index (κ2) is 3.56. The smallest absolute Gasteiger partial charge is 0.410 e. The Morgan fingerprint density at radius 1 is 1.08 bits per heavy atom. The van der Waals surface area contributed by atoms with Crippen molar-refractivity contribution in [2.45, 2.75) is 52.7 Å². The van der Waals surface area contributed by atoms with Gasteiger partial charge in [-0.05, 0) is 41.5 Å². The zero-order chi connectivity index (χ0) is 10.9. The molecule has 0 saturated carbocycles. The molecule has 0 aliphatic heterocycles. The molecule has 0 saturated heterocycles. The number of nitrogens with zero attached hydrogens (tertiary/aromatic N) is 1. The van der Waals surface area contributed by atoms with Gasteiger partial charge in [-0.25, -0.2) is 4.79 Å².